The maximum atomic E-state index is 13.4. The van der Waals surface area contributed by atoms with E-state index in [4.69, 9.17) is 4.74 Å². The van der Waals surface area contributed by atoms with Crippen molar-refractivity contribution in [2.45, 2.75) is 65.0 Å². The van der Waals surface area contributed by atoms with Crippen molar-refractivity contribution >= 4 is 11.8 Å². The number of rotatable bonds is 2. The molecular weight excluding hydrogens is 319 g/mol. The van der Waals surface area contributed by atoms with Gasteiger partial charge in [-0.1, -0.05) is 6.07 Å². The molecule has 0 unspecified atom stereocenters. The zero-order chi connectivity index (χ0) is 18.2. The standard InChI is InChI=1S/C20H29FN2O2/c1-14-5-6-15(21)11-17(14)22-16-12-20(13-16)7-9-23(10-8-20)18(24)25-19(2,3)4/h5-6,11,16,22H,7-10,12-13H2,1-4H3. The van der Waals surface area contributed by atoms with Gasteiger partial charge in [-0.15, -0.1) is 0 Å². The van der Waals surface area contributed by atoms with Crippen molar-refractivity contribution < 1.29 is 13.9 Å². The minimum absolute atomic E-state index is 0.201. The second kappa shape index (κ2) is 6.50. The van der Waals surface area contributed by atoms with Crippen LogP contribution in [0.1, 0.15) is 52.0 Å². The average Bonchev–Trinajstić information content (AvgIpc) is 2.48. The van der Waals surface area contributed by atoms with Crippen LogP contribution in [0.5, 0.6) is 0 Å². The topological polar surface area (TPSA) is 41.6 Å². The first-order valence-corrected chi connectivity index (χ1v) is 9.16. The van der Waals surface area contributed by atoms with Crippen LogP contribution in [0, 0.1) is 18.2 Å². The molecule has 1 aliphatic heterocycles. The molecule has 1 saturated heterocycles. The molecule has 2 fully saturated rings. The second-order valence-electron chi connectivity index (χ2n) is 8.68. The number of likely N-dealkylation sites (tertiary alicyclic amines) is 1. The number of ether oxygens (including phenoxy) is 1. The molecule has 1 aliphatic carbocycles. The van der Waals surface area contributed by atoms with Crippen LogP contribution in [0.25, 0.3) is 0 Å². The van der Waals surface area contributed by atoms with E-state index >= 15 is 0 Å². The molecule has 0 radical (unpaired) electrons. The van der Waals surface area contributed by atoms with Crippen molar-refractivity contribution in [3.05, 3.63) is 29.6 Å². The monoisotopic (exact) mass is 348 g/mol. The lowest BCUT2D eigenvalue weighted by molar-refractivity contribution is -0.00860. The Hall–Kier alpha value is -1.78. The molecule has 1 spiro atoms. The van der Waals surface area contributed by atoms with E-state index < -0.39 is 5.60 Å². The Morgan fingerprint density at radius 2 is 1.92 bits per heavy atom. The van der Waals surface area contributed by atoms with E-state index in [9.17, 15) is 9.18 Å². The molecule has 0 bridgehead atoms. The highest BCUT2D eigenvalue weighted by atomic mass is 19.1. The van der Waals surface area contributed by atoms with E-state index in [1.165, 1.54) is 6.07 Å². The number of carbonyl (C=O) groups excluding carboxylic acids is 1. The zero-order valence-corrected chi connectivity index (χ0v) is 15.7. The van der Waals surface area contributed by atoms with Crippen LogP contribution in [-0.4, -0.2) is 35.7 Å². The molecule has 1 heterocycles. The van der Waals surface area contributed by atoms with Gasteiger partial charge in [-0.05, 0) is 76.5 Å². The minimum atomic E-state index is -0.444. The first-order chi connectivity index (χ1) is 11.7. The molecule has 138 valence electrons. The number of hydrogen-bond acceptors (Lipinski definition) is 3. The maximum absolute atomic E-state index is 13.4. The van der Waals surface area contributed by atoms with Crippen LogP contribution in [0.15, 0.2) is 18.2 Å². The molecule has 0 aromatic heterocycles. The molecule has 25 heavy (non-hydrogen) atoms. The van der Waals surface area contributed by atoms with E-state index in [2.05, 4.69) is 5.32 Å². The molecule has 1 N–H and O–H groups in total. The van der Waals surface area contributed by atoms with E-state index in [0.717, 1.165) is 50.0 Å². The zero-order valence-electron chi connectivity index (χ0n) is 15.7. The Balaban J connectivity index is 1.48. The molecule has 3 rings (SSSR count). The summed E-state index contributed by atoms with van der Waals surface area (Å²) in [5.41, 5.74) is 1.85. The van der Waals surface area contributed by atoms with Gasteiger partial charge in [-0.2, -0.15) is 0 Å². The van der Waals surface area contributed by atoms with Gasteiger partial charge in [0.2, 0.25) is 0 Å². The summed E-state index contributed by atoms with van der Waals surface area (Å²) < 4.78 is 18.9. The summed E-state index contributed by atoms with van der Waals surface area (Å²) in [5.74, 6) is -0.201. The van der Waals surface area contributed by atoms with Crippen LogP contribution in [0.3, 0.4) is 0 Å². The average molecular weight is 348 g/mol. The number of amides is 1. The van der Waals surface area contributed by atoms with Crippen molar-refractivity contribution in [1.29, 1.82) is 0 Å². The quantitative estimate of drug-likeness (QED) is 0.840. The lowest BCUT2D eigenvalue weighted by Gasteiger charge is -2.52. The molecular formula is C20H29FN2O2. The molecule has 1 aromatic carbocycles. The van der Waals surface area contributed by atoms with Gasteiger partial charge in [0.15, 0.2) is 0 Å². The summed E-state index contributed by atoms with van der Waals surface area (Å²) in [6.45, 7) is 9.21. The number of nitrogens with zero attached hydrogens (tertiary/aromatic N) is 1. The minimum Gasteiger partial charge on any atom is -0.444 e. The van der Waals surface area contributed by atoms with Crippen molar-refractivity contribution in [3.8, 4) is 0 Å². The van der Waals surface area contributed by atoms with Gasteiger partial charge in [-0.25, -0.2) is 9.18 Å². The Kier molecular flexibility index (Phi) is 4.69. The summed E-state index contributed by atoms with van der Waals surface area (Å²) in [5, 5.41) is 3.48. The highest BCUT2D eigenvalue weighted by Crippen LogP contribution is 2.50. The van der Waals surface area contributed by atoms with Crippen molar-refractivity contribution in [1.82, 2.24) is 4.90 Å². The van der Waals surface area contributed by atoms with Crippen LogP contribution < -0.4 is 5.32 Å². The first kappa shape index (κ1) is 18.0. The van der Waals surface area contributed by atoms with Gasteiger partial charge >= 0.3 is 6.09 Å². The molecule has 4 nitrogen and oxygen atoms in total. The first-order valence-electron chi connectivity index (χ1n) is 9.16. The van der Waals surface area contributed by atoms with Gasteiger partial charge in [0.25, 0.3) is 0 Å². The van der Waals surface area contributed by atoms with E-state index in [-0.39, 0.29) is 11.9 Å². The number of halogens is 1. The summed E-state index contributed by atoms with van der Waals surface area (Å²) in [4.78, 5) is 14.0. The third kappa shape index (κ3) is 4.25. The number of piperidine rings is 1. The number of hydrogen-bond donors (Lipinski definition) is 1. The largest absolute Gasteiger partial charge is 0.444 e. The van der Waals surface area contributed by atoms with E-state index in [1.807, 2.05) is 38.7 Å². The third-order valence-electron chi connectivity index (χ3n) is 5.39. The Bertz CT molecular complexity index is 638. The van der Waals surface area contributed by atoms with E-state index in [1.54, 1.807) is 6.07 Å². The number of anilines is 1. The number of nitrogens with one attached hydrogen (secondary N) is 1. The van der Waals surface area contributed by atoms with Gasteiger partial charge in [0.05, 0.1) is 0 Å². The summed E-state index contributed by atoms with van der Waals surface area (Å²) in [6, 6.07) is 5.28. The predicted molar refractivity (Wildman–Crippen MR) is 97.3 cm³/mol. The summed E-state index contributed by atoms with van der Waals surface area (Å²) in [6.07, 6.45) is 4.02. The van der Waals surface area contributed by atoms with Crippen LogP contribution in [0.2, 0.25) is 0 Å². The molecule has 2 aliphatic rings. The second-order valence-corrected chi connectivity index (χ2v) is 8.68. The molecule has 1 aromatic rings. The number of carbonyl (C=O) groups is 1. The molecule has 5 heteroatoms. The van der Waals surface area contributed by atoms with E-state index in [0.29, 0.717) is 11.5 Å². The smallest absolute Gasteiger partial charge is 0.410 e. The number of benzene rings is 1. The molecule has 1 amide bonds. The van der Waals surface area contributed by atoms with Crippen LogP contribution in [0.4, 0.5) is 14.9 Å². The maximum Gasteiger partial charge on any atom is 0.410 e. The van der Waals surface area contributed by atoms with Crippen molar-refractivity contribution in [2.24, 2.45) is 5.41 Å². The fourth-order valence-electron chi connectivity index (χ4n) is 3.96. The molecule has 0 atom stereocenters. The summed E-state index contributed by atoms with van der Waals surface area (Å²) in [7, 11) is 0. The highest BCUT2D eigenvalue weighted by Gasteiger charge is 2.46. The van der Waals surface area contributed by atoms with Gasteiger partial charge in [0, 0.05) is 24.8 Å². The Morgan fingerprint density at radius 3 is 2.52 bits per heavy atom. The lowest BCUT2D eigenvalue weighted by Crippen LogP contribution is -2.53. The Morgan fingerprint density at radius 1 is 1.28 bits per heavy atom. The predicted octanol–water partition coefficient (Wildman–Crippen LogP) is 4.73. The third-order valence-corrected chi connectivity index (χ3v) is 5.39. The fraction of sp³-hybridized carbons (Fsp3) is 0.650. The SMILES string of the molecule is Cc1ccc(F)cc1NC1CC2(CCN(C(=O)OC(C)(C)C)CC2)C1. The van der Waals surface area contributed by atoms with Crippen molar-refractivity contribution in [3.63, 3.8) is 0 Å². The fourth-order valence-corrected chi connectivity index (χ4v) is 3.96. The van der Waals surface area contributed by atoms with Gasteiger partial charge in [-0.3, -0.25) is 0 Å². The van der Waals surface area contributed by atoms with Gasteiger partial charge < -0.3 is 15.0 Å². The Labute approximate surface area is 149 Å². The normalized spacial score (nSPS) is 20.3. The van der Waals surface area contributed by atoms with Crippen LogP contribution in [-0.2, 0) is 4.74 Å². The highest BCUT2D eigenvalue weighted by molar-refractivity contribution is 5.68. The summed E-state index contributed by atoms with van der Waals surface area (Å²) >= 11 is 0. The lowest BCUT2D eigenvalue weighted by atomic mass is 9.60. The van der Waals surface area contributed by atoms with Gasteiger partial charge in [0.1, 0.15) is 11.4 Å². The van der Waals surface area contributed by atoms with Crippen molar-refractivity contribution in [2.75, 3.05) is 18.4 Å². The molecule has 1 saturated carbocycles. The number of aryl methyl sites for hydroxylation is 1. The van der Waals surface area contributed by atoms with Crippen LogP contribution >= 0.6 is 0 Å².